The van der Waals surface area contributed by atoms with Crippen LogP contribution in [0.5, 0.6) is 0 Å². The molecule has 1 N–H and O–H groups in total. The summed E-state index contributed by atoms with van der Waals surface area (Å²) < 4.78 is 7.73. The molecule has 8 nitrogen and oxygen atoms in total. The number of hydrogen-bond donors (Lipinski definition) is 1. The summed E-state index contributed by atoms with van der Waals surface area (Å²) in [4.78, 5) is 18.6. The maximum absolute atomic E-state index is 12.4. The first-order valence-corrected chi connectivity index (χ1v) is 8.61. The number of nitrogens with zero attached hydrogens (tertiary/aromatic N) is 5. The lowest BCUT2D eigenvalue weighted by atomic mass is 10.0. The lowest BCUT2D eigenvalue weighted by Crippen LogP contribution is -2.49. The molecule has 0 saturated carbocycles. The standard InChI is InChI=1S/C18H22N6O2/c1-3-24-6-7-26-16(17(24)14-10-22-23(2)12-14)11-21-18(25)13-4-5-20-15(8-13)9-19/h4-5,8,10,12,16-17H,3,6-7,11H2,1-2H3,(H,21,25)/t16-,17-/m0/s1. The van der Waals surface area contributed by atoms with Gasteiger partial charge in [0, 0.05) is 43.7 Å². The van der Waals surface area contributed by atoms with Crippen molar-refractivity contribution < 1.29 is 9.53 Å². The first-order valence-electron chi connectivity index (χ1n) is 8.61. The first kappa shape index (κ1) is 18.0. The molecular weight excluding hydrogens is 332 g/mol. The van der Waals surface area contributed by atoms with Crippen molar-refractivity contribution >= 4 is 5.91 Å². The van der Waals surface area contributed by atoms with Crippen molar-refractivity contribution in [1.82, 2.24) is 25.0 Å². The van der Waals surface area contributed by atoms with Crippen molar-refractivity contribution in [3.05, 3.63) is 47.5 Å². The highest BCUT2D eigenvalue weighted by Crippen LogP contribution is 2.28. The second-order valence-electron chi connectivity index (χ2n) is 6.18. The summed E-state index contributed by atoms with van der Waals surface area (Å²) >= 11 is 0. The zero-order valence-electron chi connectivity index (χ0n) is 14.9. The Morgan fingerprint density at radius 3 is 3.08 bits per heavy atom. The Hall–Kier alpha value is -2.76. The Labute approximate surface area is 152 Å². The van der Waals surface area contributed by atoms with E-state index >= 15 is 0 Å². The summed E-state index contributed by atoms with van der Waals surface area (Å²) in [5, 5.41) is 16.1. The SMILES string of the molecule is CCN1CCO[C@@H](CNC(=O)c2ccnc(C#N)c2)[C@@H]1c1cnn(C)c1. The second kappa shape index (κ2) is 8.08. The number of likely N-dealkylation sites (N-methyl/N-ethyl adjacent to an activating group) is 1. The molecular formula is C18H22N6O2. The number of rotatable bonds is 5. The number of carbonyl (C=O) groups excluding carboxylic acids is 1. The van der Waals surface area contributed by atoms with E-state index in [0.717, 1.165) is 18.7 Å². The number of amides is 1. The molecule has 136 valence electrons. The summed E-state index contributed by atoms with van der Waals surface area (Å²) in [6, 6.07) is 5.05. The summed E-state index contributed by atoms with van der Waals surface area (Å²) in [6.07, 6.45) is 5.12. The number of hydrogen-bond acceptors (Lipinski definition) is 6. The van der Waals surface area contributed by atoms with E-state index in [1.54, 1.807) is 10.7 Å². The van der Waals surface area contributed by atoms with Gasteiger partial charge in [0.15, 0.2) is 0 Å². The van der Waals surface area contributed by atoms with Crippen LogP contribution >= 0.6 is 0 Å². The van der Waals surface area contributed by atoms with Crippen LogP contribution in [0.25, 0.3) is 0 Å². The Morgan fingerprint density at radius 2 is 2.38 bits per heavy atom. The molecule has 2 atom stereocenters. The molecule has 1 amide bonds. The number of ether oxygens (including phenoxy) is 1. The zero-order valence-corrected chi connectivity index (χ0v) is 14.9. The lowest BCUT2D eigenvalue weighted by Gasteiger charge is -2.40. The van der Waals surface area contributed by atoms with Crippen molar-refractivity contribution in [2.75, 3.05) is 26.2 Å². The molecule has 0 unspecified atom stereocenters. The average molecular weight is 354 g/mol. The number of aromatic nitrogens is 3. The van der Waals surface area contributed by atoms with E-state index in [9.17, 15) is 4.79 Å². The van der Waals surface area contributed by atoms with E-state index in [4.69, 9.17) is 10.00 Å². The molecule has 1 aliphatic rings. The number of nitrogens with one attached hydrogen (secondary N) is 1. The molecule has 0 bridgehead atoms. The molecule has 2 aromatic heterocycles. The molecule has 26 heavy (non-hydrogen) atoms. The second-order valence-corrected chi connectivity index (χ2v) is 6.18. The highest BCUT2D eigenvalue weighted by molar-refractivity contribution is 5.94. The van der Waals surface area contributed by atoms with Crippen LogP contribution in [0.2, 0.25) is 0 Å². The van der Waals surface area contributed by atoms with Crippen LogP contribution in [0.4, 0.5) is 0 Å². The minimum absolute atomic E-state index is 0.0369. The maximum Gasteiger partial charge on any atom is 0.251 e. The highest BCUT2D eigenvalue weighted by Gasteiger charge is 2.33. The third kappa shape index (κ3) is 3.90. The zero-order chi connectivity index (χ0) is 18.5. The van der Waals surface area contributed by atoms with Crippen LogP contribution in [-0.2, 0) is 11.8 Å². The smallest absolute Gasteiger partial charge is 0.251 e. The number of carbonyl (C=O) groups is 1. The minimum atomic E-state index is -0.244. The van der Waals surface area contributed by atoms with Crippen LogP contribution in [0, 0.1) is 11.3 Å². The van der Waals surface area contributed by atoms with Gasteiger partial charge in [-0.3, -0.25) is 14.4 Å². The molecule has 0 radical (unpaired) electrons. The van der Waals surface area contributed by atoms with Gasteiger partial charge in [-0.1, -0.05) is 6.92 Å². The van der Waals surface area contributed by atoms with Gasteiger partial charge in [0.25, 0.3) is 5.91 Å². The summed E-state index contributed by atoms with van der Waals surface area (Å²) in [5.74, 6) is -0.244. The molecule has 0 spiro atoms. The van der Waals surface area contributed by atoms with Gasteiger partial charge < -0.3 is 10.1 Å². The van der Waals surface area contributed by atoms with E-state index in [1.807, 2.05) is 25.5 Å². The summed E-state index contributed by atoms with van der Waals surface area (Å²) in [6.45, 7) is 4.85. The lowest BCUT2D eigenvalue weighted by molar-refractivity contribution is -0.0685. The fraction of sp³-hybridized carbons (Fsp3) is 0.444. The van der Waals surface area contributed by atoms with Gasteiger partial charge in [0.05, 0.1) is 24.9 Å². The van der Waals surface area contributed by atoms with Crippen LogP contribution < -0.4 is 5.32 Å². The van der Waals surface area contributed by atoms with Gasteiger partial charge in [0.1, 0.15) is 11.8 Å². The van der Waals surface area contributed by atoms with Gasteiger partial charge in [-0.25, -0.2) is 4.98 Å². The predicted octanol–water partition coefficient (Wildman–Crippen LogP) is 0.879. The minimum Gasteiger partial charge on any atom is -0.373 e. The van der Waals surface area contributed by atoms with Crippen LogP contribution in [0.15, 0.2) is 30.7 Å². The molecule has 3 heterocycles. The Kier molecular flexibility index (Phi) is 5.61. The number of pyridine rings is 1. The molecule has 1 aliphatic heterocycles. The van der Waals surface area contributed by atoms with E-state index in [1.165, 1.54) is 12.3 Å². The normalized spacial score (nSPS) is 20.5. The number of nitriles is 1. The quantitative estimate of drug-likeness (QED) is 0.856. The average Bonchev–Trinajstić information content (AvgIpc) is 3.11. The van der Waals surface area contributed by atoms with Crippen molar-refractivity contribution in [3.8, 4) is 6.07 Å². The largest absolute Gasteiger partial charge is 0.373 e. The Balaban J connectivity index is 1.72. The van der Waals surface area contributed by atoms with E-state index < -0.39 is 0 Å². The number of morpholine rings is 1. The first-order chi connectivity index (χ1) is 12.6. The third-order valence-electron chi connectivity index (χ3n) is 4.53. The molecule has 0 aliphatic carbocycles. The van der Waals surface area contributed by atoms with E-state index in [0.29, 0.717) is 18.7 Å². The van der Waals surface area contributed by atoms with Gasteiger partial charge in [-0.2, -0.15) is 10.4 Å². The van der Waals surface area contributed by atoms with Crippen molar-refractivity contribution in [3.63, 3.8) is 0 Å². The summed E-state index contributed by atoms with van der Waals surface area (Å²) in [7, 11) is 1.89. The Morgan fingerprint density at radius 1 is 1.54 bits per heavy atom. The molecule has 1 fully saturated rings. The van der Waals surface area contributed by atoms with Gasteiger partial charge >= 0.3 is 0 Å². The fourth-order valence-corrected chi connectivity index (χ4v) is 3.26. The molecule has 8 heteroatoms. The monoisotopic (exact) mass is 354 g/mol. The fourth-order valence-electron chi connectivity index (χ4n) is 3.26. The van der Waals surface area contributed by atoms with E-state index in [-0.39, 0.29) is 23.7 Å². The van der Waals surface area contributed by atoms with Gasteiger partial charge in [0.2, 0.25) is 0 Å². The summed E-state index contributed by atoms with van der Waals surface area (Å²) in [5.41, 5.74) is 1.71. The van der Waals surface area contributed by atoms with Gasteiger partial charge in [-0.05, 0) is 18.7 Å². The Bertz CT molecular complexity index is 812. The van der Waals surface area contributed by atoms with Crippen molar-refractivity contribution in [1.29, 1.82) is 5.26 Å². The molecule has 0 aromatic carbocycles. The third-order valence-corrected chi connectivity index (χ3v) is 4.53. The van der Waals surface area contributed by atoms with Crippen molar-refractivity contribution in [2.45, 2.75) is 19.1 Å². The molecule has 2 aromatic rings. The number of aryl methyl sites for hydroxylation is 1. The maximum atomic E-state index is 12.4. The van der Waals surface area contributed by atoms with Crippen LogP contribution in [0.1, 0.15) is 34.6 Å². The molecule has 3 rings (SSSR count). The molecule has 1 saturated heterocycles. The highest BCUT2D eigenvalue weighted by atomic mass is 16.5. The van der Waals surface area contributed by atoms with Gasteiger partial charge in [-0.15, -0.1) is 0 Å². The van der Waals surface area contributed by atoms with Crippen molar-refractivity contribution in [2.24, 2.45) is 7.05 Å². The predicted molar refractivity (Wildman–Crippen MR) is 94.2 cm³/mol. The van der Waals surface area contributed by atoms with Crippen LogP contribution in [0.3, 0.4) is 0 Å². The topological polar surface area (TPSA) is 96.1 Å². The van der Waals surface area contributed by atoms with E-state index in [2.05, 4.69) is 27.2 Å². The van der Waals surface area contributed by atoms with Crippen LogP contribution in [-0.4, -0.2) is 57.9 Å².